The topological polar surface area (TPSA) is 85.4 Å². The summed E-state index contributed by atoms with van der Waals surface area (Å²) in [6.45, 7) is 2.46. The van der Waals surface area contributed by atoms with Gasteiger partial charge in [-0.15, -0.1) is 0 Å². The number of carbonyl (C=O) groups is 1. The van der Waals surface area contributed by atoms with E-state index in [1.54, 1.807) is 38.4 Å². The number of fused-ring (bicyclic) bond motifs is 1. The minimum atomic E-state index is -0.208. The van der Waals surface area contributed by atoms with E-state index in [9.17, 15) is 4.79 Å². The van der Waals surface area contributed by atoms with Gasteiger partial charge in [-0.3, -0.25) is 4.79 Å². The molecule has 5 rings (SSSR count). The van der Waals surface area contributed by atoms with Crippen molar-refractivity contribution in [2.24, 2.45) is 0 Å². The molecule has 1 aromatic heterocycles. The fourth-order valence-corrected chi connectivity index (χ4v) is 4.21. The van der Waals surface area contributed by atoms with E-state index in [0.717, 1.165) is 39.0 Å². The van der Waals surface area contributed by atoms with Gasteiger partial charge in [0.05, 0.1) is 18.3 Å². The van der Waals surface area contributed by atoms with Gasteiger partial charge in [-0.2, -0.15) is 0 Å². The van der Waals surface area contributed by atoms with E-state index in [0.29, 0.717) is 29.6 Å². The zero-order valence-electron chi connectivity index (χ0n) is 21.5. The highest BCUT2D eigenvalue weighted by atomic mass is 16.5. The molecule has 7 heteroatoms. The molecule has 0 radical (unpaired) electrons. The number of aryl methyl sites for hydroxylation is 1. The van der Waals surface area contributed by atoms with Gasteiger partial charge in [-0.05, 0) is 60.5 Å². The molecule has 0 unspecified atom stereocenters. The molecule has 0 spiro atoms. The minimum Gasteiger partial charge on any atom is -0.496 e. The maximum absolute atomic E-state index is 13.0. The fourth-order valence-electron chi connectivity index (χ4n) is 4.21. The summed E-state index contributed by atoms with van der Waals surface area (Å²) >= 11 is 0. The van der Waals surface area contributed by atoms with Crippen LogP contribution in [0, 0.1) is 6.92 Å². The van der Waals surface area contributed by atoms with Crippen LogP contribution in [0.25, 0.3) is 22.2 Å². The molecule has 7 nitrogen and oxygen atoms in total. The van der Waals surface area contributed by atoms with E-state index < -0.39 is 0 Å². The monoisotopic (exact) mass is 504 g/mol. The number of anilines is 2. The van der Waals surface area contributed by atoms with E-state index in [-0.39, 0.29) is 5.91 Å². The summed E-state index contributed by atoms with van der Waals surface area (Å²) in [5.41, 5.74) is 5.67. The Kier molecular flexibility index (Phi) is 7.17. The molecule has 38 heavy (non-hydrogen) atoms. The molecule has 5 aromatic rings. The molecule has 0 aliphatic rings. The molecular weight excluding hydrogens is 476 g/mol. The van der Waals surface area contributed by atoms with Crippen molar-refractivity contribution in [2.75, 3.05) is 24.8 Å². The van der Waals surface area contributed by atoms with Crippen LogP contribution in [-0.2, 0) is 6.61 Å². The van der Waals surface area contributed by atoms with Crippen LogP contribution < -0.4 is 20.1 Å². The number of aromatic nitrogens is 2. The molecule has 0 fully saturated rings. The lowest BCUT2D eigenvalue weighted by Crippen LogP contribution is -2.11. The minimum absolute atomic E-state index is 0.208. The molecule has 0 aliphatic heterocycles. The van der Waals surface area contributed by atoms with Crippen LogP contribution in [-0.4, -0.2) is 30.0 Å². The zero-order valence-corrected chi connectivity index (χ0v) is 21.5. The second-order valence-corrected chi connectivity index (χ2v) is 8.82. The number of rotatable bonds is 8. The lowest BCUT2D eigenvalue weighted by molar-refractivity contribution is 0.102. The molecule has 1 amide bonds. The number of nitrogens with one attached hydrogen (secondary N) is 2. The van der Waals surface area contributed by atoms with Gasteiger partial charge in [0.15, 0.2) is 0 Å². The van der Waals surface area contributed by atoms with Crippen LogP contribution in [0.1, 0.15) is 21.5 Å². The van der Waals surface area contributed by atoms with E-state index in [4.69, 9.17) is 14.5 Å². The Morgan fingerprint density at radius 2 is 1.68 bits per heavy atom. The van der Waals surface area contributed by atoms with Crippen molar-refractivity contribution in [3.05, 3.63) is 108 Å². The van der Waals surface area contributed by atoms with Crippen molar-refractivity contribution < 1.29 is 14.3 Å². The second-order valence-electron chi connectivity index (χ2n) is 8.82. The summed E-state index contributed by atoms with van der Waals surface area (Å²) in [4.78, 5) is 22.3. The highest BCUT2D eigenvalue weighted by molar-refractivity contribution is 6.05. The van der Waals surface area contributed by atoms with Crippen LogP contribution in [0.4, 0.5) is 11.6 Å². The zero-order chi connectivity index (χ0) is 26.5. The average molecular weight is 505 g/mol. The normalized spacial score (nSPS) is 10.7. The van der Waals surface area contributed by atoms with Gasteiger partial charge in [-0.1, -0.05) is 42.5 Å². The maximum Gasteiger partial charge on any atom is 0.255 e. The SMILES string of the molecule is CNc1nc(-c2cccc(NC(=O)c3ccc(OCc4ccccc4)cc3)c2)c2cc(C)c(OC)cc2n1. The number of amides is 1. The van der Waals surface area contributed by atoms with Crippen LogP contribution in [0.3, 0.4) is 0 Å². The van der Waals surface area contributed by atoms with Crippen molar-refractivity contribution >= 4 is 28.4 Å². The summed E-state index contributed by atoms with van der Waals surface area (Å²) in [5.74, 6) is 1.76. The quantitative estimate of drug-likeness (QED) is 0.251. The van der Waals surface area contributed by atoms with Crippen LogP contribution in [0.15, 0.2) is 91.0 Å². The summed E-state index contributed by atoms with van der Waals surface area (Å²) in [6, 6.07) is 28.6. The van der Waals surface area contributed by atoms with Gasteiger partial charge >= 0.3 is 0 Å². The average Bonchev–Trinajstić information content (AvgIpc) is 2.96. The Morgan fingerprint density at radius 1 is 0.895 bits per heavy atom. The van der Waals surface area contributed by atoms with Crippen molar-refractivity contribution in [3.8, 4) is 22.8 Å². The van der Waals surface area contributed by atoms with Crippen LogP contribution in [0.2, 0.25) is 0 Å². The molecule has 4 aromatic carbocycles. The molecule has 0 atom stereocenters. The predicted octanol–water partition coefficient (Wildman–Crippen LogP) is 6.49. The first kappa shape index (κ1) is 24.8. The predicted molar refractivity (Wildman–Crippen MR) is 151 cm³/mol. The molecule has 0 saturated carbocycles. The Balaban J connectivity index is 1.36. The van der Waals surface area contributed by atoms with E-state index in [1.807, 2.05) is 73.7 Å². The van der Waals surface area contributed by atoms with E-state index in [2.05, 4.69) is 15.6 Å². The third-order valence-electron chi connectivity index (χ3n) is 6.19. The summed E-state index contributed by atoms with van der Waals surface area (Å²) in [5, 5.41) is 6.92. The maximum atomic E-state index is 13.0. The number of hydrogen-bond donors (Lipinski definition) is 2. The van der Waals surface area contributed by atoms with Crippen molar-refractivity contribution in [1.82, 2.24) is 9.97 Å². The Hall–Kier alpha value is -4.91. The van der Waals surface area contributed by atoms with Gasteiger partial charge < -0.3 is 20.1 Å². The first-order valence-corrected chi connectivity index (χ1v) is 12.3. The number of benzene rings is 4. The lowest BCUT2D eigenvalue weighted by Gasteiger charge is -2.13. The van der Waals surface area contributed by atoms with Gasteiger partial charge in [0.2, 0.25) is 5.95 Å². The summed E-state index contributed by atoms with van der Waals surface area (Å²) < 4.78 is 11.3. The second kappa shape index (κ2) is 11.0. The number of methoxy groups -OCH3 is 1. The number of ether oxygens (including phenoxy) is 2. The smallest absolute Gasteiger partial charge is 0.255 e. The van der Waals surface area contributed by atoms with E-state index >= 15 is 0 Å². The summed E-state index contributed by atoms with van der Waals surface area (Å²) in [7, 11) is 3.43. The third kappa shape index (κ3) is 5.42. The number of nitrogens with zero attached hydrogens (tertiary/aromatic N) is 2. The highest BCUT2D eigenvalue weighted by Crippen LogP contribution is 2.33. The Labute approximate surface area is 221 Å². The Morgan fingerprint density at radius 3 is 2.42 bits per heavy atom. The van der Waals surface area contributed by atoms with Crippen molar-refractivity contribution in [3.63, 3.8) is 0 Å². The van der Waals surface area contributed by atoms with E-state index in [1.165, 1.54) is 0 Å². The molecule has 2 N–H and O–H groups in total. The number of hydrogen-bond acceptors (Lipinski definition) is 6. The van der Waals surface area contributed by atoms with Crippen LogP contribution in [0.5, 0.6) is 11.5 Å². The van der Waals surface area contributed by atoms with Gasteiger partial charge in [0.25, 0.3) is 5.91 Å². The lowest BCUT2D eigenvalue weighted by atomic mass is 10.0. The molecule has 1 heterocycles. The highest BCUT2D eigenvalue weighted by Gasteiger charge is 2.14. The van der Waals surface area contributed by atoms with Gasteiger partial charge in [0, 0.05) is 35.3 Å². The fraction of sp³-hybridized carbons (Fsp3) is 0.129. The number of carbonyl (C=O) groups excluding carboxylic acids is 1. The first-order chi connectivity index (χ1) is 18.5. The largest absolute Gasteiger partial charge is 0.496 e. The third-order valence-corrected chi connectivity index (χ3v) is 6.19. The first-order valence-electron chi connectivity index (χ1n) is 12.3. The van der Waals surface area contributed by atoms with Gasteiger partial charge in [-0.25, -0.2) is 9.97 Å². The molecule has 0 saturated heterocycles. The summed E-state index contributed by atoms with van der Waals surface area (Å²) in [6.07, 6.45) is 0. The van der Waals surface area contributed by atoms with Crippen LogP contribution >= 0.6 is 0 Å². The standard InChI is InChI=1S/C31H28N4O3/c1-20-16-26-27(18-28(20)37-3)34-31(32-2)35-29(26)23-10-7-11-24(17-23)33-30(36)22-12-14-25(15-13-22)38-19-21-8-5-4-6-9-21/h4-18H,19H2,1-3H3,(H,33,36)(H,32,34,35). The molecule has 190 valence electrons. The molecular formula is C31H28N4O3. The Bertz CT molecular complexity index is 1590. The van der Waals surface area contributed by atoms with Crippen molar-refractivity contribution in [2.45, 2.75) is 13.5 Å². The molecule has 0 aliphatic carbocycles. The van der Waals surface area contributed by atoms with Gasteiger partial charge in [0.1, 0.15) is 18.1 Å². The van der Waals surface area contributed by atoms with Crippen molar-refractivity contribution in [1.29, 1.82) is 0 Å². The molecule has 0 bridgehead atoms.